The molecule has 3 heterocycles. The molecule has 4 rings (SSSR count). The second-order valence-corrected chi connectivity index (χ2v) is 7.93. The summed E-state index contributed by atoms with van der Waals surface area (Å²) in [5.41, 5.74) is 1.79. The summed E-state index contributed by atoms with van der Waals surface area (Å²) < 4.78 is 10.4. The van der Waals surface area contributed by atoms with Gasteiger partial charge in [-0.05, 0) is 18.9 Å². The van der Waals surface area contributed by atoms with Crippen molar-refractivity contribution in [3.05, 3.63) is 47.8 Å². The number of nitrogens with zero attached hydrogens (tertiary/aromatic N) is 5. The number of carbonyl (C=O) groups excluding carboxylic acids is 3. The van der Waals surface area contributed by atoms with Gasteiger partial charge < -0.3 is 24.2 Å². The number of methoxy groups -OCH3 is 1. The van der Waals surface area contributed by atoms with Crippen LogP contribution in [0.5, 0.6) is 0 Å². The Balaban J connectivity index is 1.45. The maximum atomic E-state index is 13.3. The number of aliphatic imine (C=N–C) groups is 1. The fourth-order valence-corrected chi connectivity index (χ4v) is 4.10. The fraction of sp³-hybridized carbons (Fsp3) is 0.455. The number of rotatable bonds is 8. The molecule has 170 valence electrons. The predicted octanol–water partition coefficient (Wildman–Crippen LogP) is 1.20. The minimum Gasteiger partial charge on any atom is -0.459 e. The number of urea groups is 1. The number of allylic oxidation sites excluding steroid dienone is 1. The molecule has 10 heteroatoms. The van der Waals surface area contributed by atoms with E-state index < -0.39 is 36.7 Å². The van der Waals surface area contributed by atoms with Gasteiger partial charge in [-0.15, -0.1) is 0 Å². The average Bonchev–Trinajstić information content (AvgIpc) is 3.30. The second kappa shape index (κ2) is 8.99. The van der Waals surface area contributed by atoms with Crippen LogP contribution in [0.25, 0.3) is 0 Å². The van der Waals surface area contributed by atoms with Crippen molar-refractivity contribution in [1.82, 2.24) is 19.6 Å². The molecule has 0 N–H and O–H groups in total. The number of hydrogen-bond donors (Lipinski definition) is 0. The van der Waals surface area contributed by atoms with Crippen LogP contribution in [-0.4, -0.2) is 89.5 Å². The number of hydrogen-bond acceptors (Lipinski definition) is 8. The van der Waals surface area contributed by atoms with Crippen molar-refractivity contribution in [1.29, 1.82) is 0 Å². The van der Waals surface area contributed by atoms with Crippen LogP contribution in [0.15, 0.2) is 47.2 Å². The molecule has 1 saturated heterocycles. The molecule has 1 aromatic rings. The van der Waals surface area contributed by atoms with E-state index in [0.29, 0.717) is 19.1 Å². The Hall–Kier alpha value is -3.40. The van der Waals surface area contributed by atoms with E-state index in [0.717, 1.165) is 22.6 Å². The zero-order valence-electron chi connectivity index (χ0n) is 18.4. The molecule has 1 aromatic carbocycles. The molecule has 3 aliphatic heterocycles. The number of esters is 1. The third-order valence-corrected chi connectivity index (χ3v) is 5.76. The maximum Gasteiger partial charge on any atom is 0.328 e. The van der Waals surface area contributed by atoms with E-state index in [2.05, 4.69) is 4.99 Å². The van der Waals surface area contributed by atoms with E-state index in [9.17, 15) is 14.4 Å². The summed E-state index contributed by atoms with van der Waals surface area (Å²) in [7, 11) is 3.24. The molecule has 3 aliphatic rings. The van der Waals surface area contributed by atoms with Crippen molar-refractivity contribution in [3.63, 3.8) is 0 Å². The highest BCUT2D eigenvalue weighted by Crippen LogP contribution is 2.33. The first-order valence-corrected chi connectivity index (χ1v) is 10.5. The van der Waals surface area contributed by atoms with Crippen molar-refractivity contribution in [3.8, 4) is 0 Å². The lowest BCUT2D eigenvalue weighted by molar-refractivity contribution is -0.151. The zero-order chi connectivity index (χ0) is 22.8. The maximum absolute atomic E-state index is 13.3. The van der Waals surface area contributed by atoms with Gasteiger partial charge in [0.15, 0.2) is 12.2 Å². The molecular formula is C22H27N5O5. The van der Waals surface area contributed by atoms with Crippen LogP contribution in [0.3, 0.4) is 0 Å². The zero-order valence-corrected chi connectivity index (χ0v) is 18.4. The van der Waals surface area contributed by atoms with E-state index in [4.69, 9.17) is 9.47 Å². The Morgan fingerprint density at radius 1 is 1.16 bits per heavy atom. The first-order chi connectivity index (χ1) is 15.4. The molecule has 1 fully saturated rings. The molecule has 2 unspecified atom stereocenters. The van der Waals surface area contributed by atoms with E-state index in [-0.39, 0.29) is 6.61 Å². The Morgan fingerprint density at radius 3 is 2.62 bits per heavy atom. The van der Waals surface area contributed by atoms with Crippen molar-refractivity contribution in [2.24, 2.45) is 4.99 Å². The monoisotopic (exact) mass is 441 g/mol. The van der Waals surface area contributed by atoms with Gasteiger partial charge in [0.05, 0.1) is 0 Å². The molecular weight excluding hydrogens is 414 g/mol. The largest absolute Gasteiger partial charge is 0.459 e. The van der Waals surface area contributed by atoms with Gasteiger partial charge in [-0.25, -0.2) is 9.79 Å². The van der Waals surface area contributed by atoms with Gasteiger partial charge in [0.2, 0.25) is 5.96 Å². The smallest absolute Gasteiger partial charge is 0.328 e. The quantitative estimate of drug-likeness (QED) is 0.442. The molecule has 0 bridgehead atoms. The minimum absolute atomic E-state index is 0.0789. The van der Waals surface area contributed by atoms with Crippen LogP contribution in [0.1, 0.15) is 18.9 Å². The SMILES string of the molecule is COCCCN1C(C)=CN2C1=NC1C2C(=O)N(CC(=O)OCc2ccccc2)C(=O)N1C. The number of guanidine groups is 1. The number of carbonyl (C=O) groups is 3. The van der Waals surface area contributed by atoms with Crippen molar-refractivity contribution in [2.75, 3.05) is 33.9 Å². The van der Waals surface area contributed by atoms with E-state index in [1.54, 1.807) is 19.1 Å². The van der Waals surface area contributed by atoms with Crippen LogP contribution >= 0.6 is 0 Å². The first-order valence-electron chi connectivity index (χ1n) is 10.5. The van der Waals surface area contributed by atoms with Crippen LogP contribution in [-0.2, 0) is 25.7 Å². The first kappa shape index (κ1) is 21.8. The molecule has 0 radical (unpaired) electrons. The summed E-state index contributed by atoms with van der Waals surface area (Å²) in [4.78, 5) is 49.4. The van der Waals surface area contributed by atoms with Gasteiger partial charge >= 0.3 is 12.0 Å². The summed E-state index contributed by atoms with van der Waals surface area (Å²) in [6.07, 6.45) is 2.02. The van der Waals surface area contributed by atoms with Crippen molar-refractivity contribution in [2.45, 2.75) is 32.2 Å². The summed E-state index contributed by atoms with van der Waals surface area (Å²) in [5.74, 6) is -0.470. The number of amides is 3. The van der Waals surface area contributed by atoms with Crippen molar-refractivity contribution < 1.29 is 23.9 Å². The van der Waals surface area contributed by atoms with Crippen LogP contribution in [0.2, 0.25) is 0 Å². The number of likely N-dealkylation sites (N-methyl/N-ethyl adjacent to an activating group) is 1. The van der Waals surface area contributed by atoms with Crippen LogP contribution < -0.4 is 0 Å². The van der Waals surface area contributed by atoms with Gasteiger partial charge in [0.1, 0.15) is 13.2 Å². The topological polar surface area (TPSA) is 95.0 Å². The standard InChI is InChI=1S/C22H27N5O5/c1-15-12-26-18-19(23-21(26)25(15)10-7-11-31-3)24(2)22(30)27(20(18)29)13-17(28)32-14-16-8-5-4-6-9-16/h4-6,8-9,12,18-19H,7,10-11,13-14H2,1-3H3. The summed E-state index contributed by atoms with van der Waals surface area (Å²) in [6.45, 7) is 2.88. The highest BCUT2D eigenvalue weighted by molar-refractivity contribution is 6.06. The molecule has 0 aliphatic carbocycles. The average molecular weight is 441 g/mol. The molecule has 3 amide bonds. The molecule has 0 aromatic heterocycles. The number of fused-ring (bicyclic) bond motifs is 3. The lowest BCUT2D eigenvalue weighted by Gasteiger charge is -2.39. The number of benzene rings is 1. The summed E-state index contributed by atoms with van der Waals surface area (Å²) in [6, 6.07) is 7.95. The number of ether oxygens (including phenoxy) is 2. The third-order valence-electron chi connectivity index (χ3n) is 5.76. The Labute approximate surface area is 186 Å². The molecule has 32 heavy (non-hydrogen) atoms. The molecule has 2 atom stereocenters. The highest BCUT2D eigenvalue weighted by atomic mass is 16.5. The second-order valence-electron chi connectivity index (χ2n) is 7.93. The Morgan fingerprint density at radius 2 is 1.91 bits per heavy atom. The normalized spacial score (nSPS) is 22.1. The van der Waals surface area contributed by atoms with Gasteiger partial charge in [0.25, 0.3) is 5.91 Å². The number of imide groups is 1. The Kier molecular flexibility index (Phi) is 6.13. The fourth-order valence-electron chi connectivity index (χ4n) is 4.10. The van der Waals surface area contributed by atoms with E-state index in [1.807, 2.05) is 48.4 Å². The summed E-state index contributed by atoms with van der Waals surface area (Å²) >= 11 is 0. The van der Waals surface area contributed by atoms with Gasteiger partial charge in [-0.1, -0.05) is 30.3 Å². The van der Waals surface area contributed by atoms with Crippen LogP contribution in [0, 0.1) is 0 Å². The van der Waals surface area contributed by atoms with Gasteiger partial charge in [-0.2, -0.15) is 0 Å². The molecule has 0 spiro atoms. The van der Waals surface area contributed by atoms with Crippen LogP contribution in [0.4, 0.5) is 4.79 Å². The van der Waals surface area contributed by atoms with Gasteiger partial charge in [0, 0.05) is 39.2 Å². The van der Waals surface area contributed by atoms with Crippen molar-refractivity contribution >= 4 is 23.9 Å². The Bertz CT molecular complexity index is 963. The minimum atomic E-state index is -0.711. The lowest BCUT2D eigenvalue weighted by Crippen LogP contribution is -2.65. The predicted molar refractivity (Wildman–Crippen MR) is 115 cm³/mol. The van der Waals surface area contributed by atoms with Gasteiger partial charge in [-0.3, -0.25) is 14.5 Å². The van der Waals surface area contributed by atoms with E-state index in [1.165, 1.54) is 4.90 Å². The van der Waals surface area contributed by atoms with E-state index >= 15 is 0 Å². The third kappa shape index (κ3) is 3.93. The lowest BCUT2D eigenvalue weighted by atomic mass is 10.1. The molecule has 0 saturated carbocycles. The molecule has 10 nitrogen and oxygen atoms in total. The summed E-state index contributed by atoms with van der Waals surface area (Å²) in [5, 5.41) is 0. The highest BCUT2D eigenvalue weighted by Gasteiger charge is 2.54.